The number of hydrogen-bond acceptors (Lipinski definition) is 4. The molecule has 6 nitrogen and oxygen atoms in total. The first-order valence-electron chi connectivity index (χ1n) is 5.31. The minimum Gasteiger partial charge on any atom is -0.380 e. The minimum absolute atomic E-state index is 0.0888. The summed E-state index contributed by atoms with van der Waals surface area (Å²) in [7, 11) is 1.43. The fourth-order valence-corrected chi connectivity index (χ4v) is 1.28. The molecule has 0 saturated heterocycles. The van der Waals surface area contributed by atoms with Crippen molar-refractivity contribution in [1.82, 2.24) is 5.32 Å². The predicted molar refractivity (Wildman–Crippen MR) is 61.8 cm³/mol. The monoisotopic (exact) mass is 274 g/mol. The van der Waals surface area contributed by atoms with Crippen LogP contribution in [0.4, 0.5) is 14.5 Å². The van der Waals surface area contributed by atoms with Crippen LogP contribution in [0.3, 0.4) is 0 Å². The topological polar surface area (TPSA) is 81.5 Å². The second-order valence-electron chi connectivity index (χ2n) is 3.80. The van der Waals surface area contributed by atoms with Crippen molar-refractivity contribution in [3.05, 3.63) is 39.4 Å². The number of nitro benzene ring substituents is 1. The van der Waals surface area contributed by atoms with Crippen molar-refractivity contribution in [2.45, 2.75) is 13.0 Å². The highest BCUT2D eigenvalue weighted by Crippen LogP contribution is 2.22. The number of benzene rings is 1. The van der Waals surface area contributed by atoms with E-state index >= 15 is 0 Å². The fourth-order valence-electron chi connectivity index (χ4n) is 1.28. The molecule has 0 heterocycles. The molecule has 1 unspecified atom stereocenters. The molecule has 0 fully saturated rings. The first kappa shape index (κ1) is 15.0. The second kappa shape index (κ2) is 6.19. The number of methoxy groups -OCH3 is 1. The number of ether oxygens (including phenoxy) is 1. The number of hydrogen-bond donors (Lipinski definition) is 1. The Bertz CT molecular complexity index is 508. The van der Waals surface area contributed by atoms with E-state index in [0.29, 0.717) is 12.1 Å². The fraction of sp³-hybridized carbons (Fsp3) is 0.364. The van der Waals surface area contributed by atoms with Crippen LogP contribution in [0.5, 0.6) is 0 Å². The molecule has 0 aliphatic carbocycles. The lowest BCUT2D eigenvalue weighted by Crippen LogP contribution is -2.32. The van der Waals surface area contributed by atoms with Crippen molar-refractivity contribution in [3.63, 3.8) is 0 Å². The third-order valence-corrected chi connectivity index (χ3v) is 2.43. The molecule has 0 aromatic heterocycles. The van der Waals surface area contributed by atoms with E-state index in [0.717, 1.165) is 0 Å². The summed E-state index contributed by atoms with van der Waals surface area (Å²) in [5.74, 6) is -3.57. The Morgan fingerprint density at radius 1 is 1.47 bits per heavy atom. The SMILES string of the molecule is COC(C)CNC(=O)c1cc(F)c(F)cc1[N+](=O)[O-]. The standard InChI is InChI=1S/C11H12F2N2O4/c1-6(19-2)5-14-11(16)7-3-8(12)9(13)4-10(7)15(17)18/h3-4,6H,5H2,1-2H3,(H,14,16). The molecular formula is C11H12F2N2O4. The normalized spacial score (nSPS) is 12.0. The van der Waals surface area contributed by atoms with Crippen molar-refractivity contribution in [2.24, 2.45) is 0 Å². The quantitative estimate of drug-likeness (QED) is 0.653. The maximum Gasteiger partial charge on any atom is 0.285 e. The van der Waals surface area contributed by atoms with Gasteiger partial charge in [-0.15, -0.1) is 0 Å². The molecule has 1 aromatic carbocycles. The number of nitrogens with zero attached hydrogens (tertiary/aromatic N) is 1. The van der Waals surface area contributed by atoms with Gasteiger partial charge in [0.1, 0.15) is 5.56 Å². The third-order valence-electron chi connectivity index (χ3n) is 2.43. The zero-order valence-corrected chi connectivity index (χ0v) is 10.3. The van der Waals surface area contributed by atoms with E-state index in [1.54, 1.807) is 6.92 Å². The highest BCUT2D eigenvalue weighted by Gasteiger charge is 2.23. The largest absolute Gasteiger partial charge is 0.380 e. The molecule has 1 N–H and O–H groups in total. The van der Waals surface area contributed by atoms with Gasteiger partial charge in [0.25, 0.3) is 11.6 Å². The van der Waals surface area contributed by atoms with E-state index in [1.165, 1.54) is 7.11 Å². The van der Waals surface area contributed by atoms with Gasteiger partial charge in [0.05, 0.1) is 17.1 Å². The van der Waals surface area contributed by atoms with Crippen LogP contribution >= 0.6 is 0 Å². The summed E-state index contributed by atoms with van der Waals surface area (Å²) in [6.45, 7) is 1.76. The first-order chi connectivity index (χ1) is 8.86. The van der Waals surface area contributed by atoms with E-state index in [2.05, 4.69) is 5.32 Å². The molecule has 0 radical (unpaired) electrons. The molecule has 0 spiro atoms. The number of carbonyl (C=O) groups excluding carboxylic acids is 1. The van der Waals surface area contributed by atoms with Gasteiger partial charge in [0.2, 0.25) is 0 Å². The number of halogens is 2. The zero-order chi connectivity index (χ0) is 14.6. The molecule has 1 aromatic rings. The summed E-state index contributed by atoms with van der Waals surface area (Å²) in [6, 6.07) is 0.879. The molecule has 0 saturated carbocycles. The third kappa shape index (κ3) is 3.68. The smallest absolute Gasteiger partial charge is 0.285 e. The summed E-state index contributed by atoms with van der Waals surface area (Å²) >= 11 is 0. The summed E-state index contributed by atoms with van der Waals surface area (Å²) in [4.78, 5) is 21.4. The predicted octanol–water partition coefficient (Wildman–Crippen LogP) is 1.64. The second-order valence-corrected chi connectivity index (χ2v) is 3.80. The van der Waals surface area contributed by atoms with Crippen LogP contribution in [0, 0.1) is 21.7 Å². The zero-order valence-electron chi connectivity index (χ0n) is 10.3. The van der Waals surface area contributed by atoms with Gasteiger partial charge in [-0.25, -0.2) is 8.78 Å². The van der Waals surface area contributed by atoms with Crippen molar-refractivity contribution >= 4 is 11.6 Å². The van der Waals surface area contributed by atoms with Crippen LogP contribution in [0.2, 0.25) is 0 Å². The van der Waals surface area contributed by atoms with Gasteiger partial charge in [0, 0.05) is 13.7 Å². The molecule has 0 aliphatic rings. The Morgan fingerprint density at radius 2 is 2.05 bits per heavy atom. The van der Waals surface area contributed by atoms with Crippen LogP contribution in [-0.4, -0.2) is 30.6 Å². The number of nitro groups is 1. The van der Waals surface area contributed by atoms with Crippen molar-refractivity contribution in [2.75, 3.05) is 13.7 Å². The van der Waals surface area contributed by atoms with Crippen LogP contribution in [0.15, 0.2) is 12.1 Å². The van der Waals surface area contributed by atoms with E-state index < -0.39 is 33.7 Å². The molecule has 1 atom stereocenters. The Balaban J connectivity index is 3.01. The highest BCUT2D eigenvalue weighted by molar-refractivity contribution is 5.98. The maximum atomic E-state index is 13.0. The summed E-state index contributed by atoms with van der Waals surface area (Å²) in [6.07, 6.45) is -0.312. The molecule has 8 heteroatoms. The molecular weight excluding hydrogens is 262 g/mol. The van der Waals surface area contributed by atoms with Gasteiger partial charge in [-0.05, 0) is 13.0 Å². The molecule has 1 rings (SSSR count). The summed E-state index contributed by atoms with van der Waals surface area (Å²) < 4.78 is 30.8. The van der Waals surface area contributed by atoms with Crippen molar-refractivity contribution in [1.29, 1.82) is 0 Å². The van der Waals surface area contributed by atoms with E-state index in [1.807, 2.05) is 0 Å². The van der Waals surface area contributed by atoms with E-state index in [9.17, 15) is 23.7 Å². The van der Waals surface area contributed by atoms with Crippen LogP contribution in [-0.2, 0) is 4.74 Å². The van der Waals surface area contributed by atoms with Gasteiger partial charge in [-0.1, -0.05) is 0 Å². The minimum atomic E-state index is -1.38. The Kier molecular flexibility index (Phi) is 4.87. The highest BCUT2D eigenvalue weighted by atomic mass is 19.2. The van der Waals surface area contributed by atoms with Crippen LogP contribution in [0.1, 0.15) is 17.3 Å². The molecule has 19 heavy (non-hydrogen) atoms. The van der Waals surface area contributed by atoms with E-state index in [-0.39, 0.29) is 12.6 Å². The van der Waals surface area contributed by atoms with Gasteiger partial charge < -0.3 is 10.1 Å². The number of rotatable bonds is 5. The van der Waals surface area contributed by atoms with Gasteiger partial charge in [-0.2, -0.15) is 0 Å². The van der Waals surface area contributed by atoms with Crippen LogP contribution < -0.4 is 5.32 Å². The lowest BCUT2D eigenvalue weighted by atomic mass is 10.1. The Hall–Kier alpha value is -2.09. The van der Waals surface area contributed by atoms with Gasteiger partial charge >= 0.3 is 0 Å². The molecule has 104 valence electrons. The Morgan fingerprint density at radius 3 is 2.58 bits per heavy atom. The number of carbonyl (C=O) groups is 1. The summed E-state index contributed by atoms with van der Waals surface area (Å²) in [5.41, 5.74) is -1.33. The average molecular weight is 274 g/mol. The lowest BCUT2D eigenvalue weighted by molar-refractivity contribution is -0.385. The number of amides is 1. The van der Waals surface area contributed by atoms with Gasteiger partial charge in [0.15, 0.2) is 11.6 Å². The Labute approximate surface area is 107 Å². The van der Waals surface area contributed by atoms with Crippen molar-refractivity contribution < 1.29 is 23.2 Å². The van der Waals surface area contributed by atoms with Crippen LogP contribution in [0.25, 0.3) is 0 Å². The molecule has 1 amide bonds. The maximum absolute atomic E-state index is 13.0. The summed E-state index contributed by atoms with van der Waals surface area (Å²) in [5, 5.41) is 13.0. The lowest BCUT2D eigenvalue weighted by Gasteiger charge is -2.11. The molecule has 0 bridgehead atoms. The first-order valence-corrected chi connectivity index (χ1v) is 5.31. The van der Waals surface area contributed by atoms with Gasteiger partial charge in [-0.3, -0.25) is 14.9 Å². The molecule has 0 aliphatic heterocycles. The van der Waals surface area contributed by atoms with E-state index in [4.69, 9.17) is 4.74 Å². The number of nitrogens with one attached hydrogen (secondary N) is 1. The average Bonchev–Trinajstić information content (AvgIpc) is 2.37. The van der Waals surface area contributed by atoms with Crippen molar-refractivity contribution in [3.8, 4) is 0 Å².